The highest BCUT2D eigenvalue weighted by Gasteiger charge is 2.73. The Kier molecular flexibility index (Phi) is 15.3. The molecule has 9 aliphatic rings. The van der Waals surface area contributed by atoms with E-state index in [-0.39, 0.29) is 54.2 Å². The second-order valence-electron chi connectivity index (χ2n) is 21.4. The first kappa shape index (κ1) is 49.8. The van der Waals surface area contributed by atoms with Crippen molar-refractivity contribution in [2.45, 2.75) is 179 Å². The minimum absolute atomic E-state index is 0.00355. The number of nitrogens with two attached hydrogens (primary N) is 1. The van der Waals surface area contributed by atoms with Crippen LogP contribution in [0.1, 0.15) is 131 Å². The van der Waals surface area contributed by atoms with E-state index < -0.39 is 59.0 Å². The maximum Gasteiger partial charge on any atom is 0.449 e. The maximum atomic E-state index is 15.1. The van der Waals surface area contributed by atoms with Crippen LogP contribution in [-0.4, -0.2) is 124 Å². The lowest BCUT2D eigenvalue weighted by Gasteiger charge is -2.62. The summed E-state index contributed by atoms with van der Waals surface area (Å²) in [5.41, 5.74) is 4.00. The summed E-state index contributed by atoms with van der Waals surface area (Å²) in [6.45, 7) is 17.6. The Balaban J connectivity index is 0.916. The van der Waals surface area contributed by atoms with Crippen LogP contribution in [0, 0.1) is 41.4 Å². The number of carbonyl (C=O) groups excluding carboxylic acids is 1. The van der Waals surface area contributed by atoms with Crippen molar-refractivity contribution in [1.29, 1.82) is 0 Å². The highest BCUT2D eigenvalue weighted by Crippen LogP contribution is 2.65. The summed E-state index contributed by atoms with van der Waals surface area (Å²) in [5.74, 6) is -3.64. The van der Waals surface area contributed by atoms with Crippen LogP contribution in [0.5, 0.6) is 0 Å². The van der Waals surface area contributed by atoms with E-state index in [1.807, 2.05) is 25.7 Å². The van der Waals surface area contributed by atoms with E-state index >= 15 is 13.2 Å². The molecule has 1 amide bonds. The highest BCUT2D eigenvalue weighted by molar-refractivity contribution is 5.78. The molecule has 0 aromatic heterocycles. The summed E-state index contributed by atoms with van der Waals surface area (Å²) in [7, 11) is 0. The second kappa shape index (κ2) is 20.0. The first-order valence-electron chi connectivity index (χ1n) is 25.3. The van der Waals surface area contributed by atoms with Gasteiger partial charge in [0, 0.05) is 43.7 Å². The van der Waals surface area contributed by atoms with Crippen LogP contribution < -0.4 is 21.7 Å². The Hall–Kier alpha value is -1.64. The number of allylic oxidation sites excluding steroid dienone is 1. The summed E-state index contributed by atoms with van der Waals surface area (Å²) >= 11 is 0. The van der Waals surface area contributed by atoms with E-state index in [1.54, 1.807) is 0 Å². The zero-order chi connectivity index (χ0) is 46.3. The molecule has 2 aliphatic carbocycles. The minimum Gasteiger partial charge on any atom is -0.456 e. The van der Waals surface area contributed by atoms with Gasteiger partial charge in [0.2, 0.25) is 23.7 Å². The first-order chi connectivity index (χ1) is 31.0. The van der Waals surface area contributed by atoms with Crippen LogP contribution in [0.15, 0.2) is 11.3 Å². The molecule has 7 aliphatic heterocycles. The van der Waals surface area contributed by atoms with Crippen LogP contribution in [0.4, 0.5) is 13.2 Å². The fourth-order valence-electron chi connectivity index (χ4n) is 13.3. The molecular formula is C48H80F3N5O9. The molecule has 2 spiro atoms. The topological polar surface area (TPSA) is 156 Å². The smallest absolute Gasteiger partial charge is 0.449 e. The summed E-state index contributed by atoms with van der Waals surface area (Å²) in [6.07, 6.45) is 4.87. The zero-order valence-corrected chi connectivity index (χ0v) is 40.0. The molecule has 0 aromatic carbocycles. The number of fused-ring (bicyclic) bond motifs is 3. The highest BCUT2D eigenvalue weighted by atomic mass is 19.4. The van der Waals surface area contributed by atoms with E-state index in [4.69, 9.17) is 43.9 Å². The molecule has 8 fully saturated rings. The molecule has 2 saturated carbocycles. The van der Waals surface area contributed by atoms with Gasteiger partial charge >= 0.3 is 6.18 Å². The Morgan fingerprint density at radius 3 is 2.14 bits per heavy atom. The number of ether oxygens (including phenoxy) is 6. The number of nitrogens with one attached hydrogen (secondary N) is 3. The number of carbonyl (C=O) groups is 1. The summed E-state index contributed by atoms with van der Waals surface area (Å²) in [4.78, 5) is 27.8. The van der Waals surface area contributed by atoms with Gasteiger partial charge in [-0.05, 0) is 166 Å². The molecule has 0 aromatic rings. The SMILES string of the molecule is C[C@@H]1CC[C@H]2[C@@H](C)[C@@](C)(OCCCCN(CC(=O)NCCCNCCCCNCCCN)CC3=C(C(F)(F)F)O[C@@H]4O[C@@]5(C)CC[C@H]6[C@H](C)CC[C@@H]3[C@@]46O5)O[C@@H]3O[C@]4(C)CC[C@@H]1[C@]32OO4. The summed E-state index contributed by atoms with van der Waals surface area (Å²) < 4.78 is 84.4. The van der Waals surface area contributed by atoms with E-state index in [0.29, 0.717) is 57.8 Å². The van der Waals surface area contributed by atoms with E-state index in [2.05, 4.69) is 36.7 Å². The second-order valence-corrected chi connectivity index (χ2v) is 21.4. The number of halogens is 3. The van der Waals surface area contributed by atoms with Gasteiger partial charge in [0.25, 0.3) is 0 Å². The summed E-state index contributed by atoms with van der Waals surface area (Å²) in [5, 5.41) is 9.87. The van der Waals surface area contributed by atoms with Gasteiger partial charge in [-0.25, -0.2) is 9.78 Å². The molecule has 5 N–H and O–H groups in total. The third-order valence-electron chi connectivity index (χ3n) is 16.9. The van der Waals surface area contributed by atoms with Crippen LogP contribution in [0.25, 0.3) is 0 Å². The number of alkyl halides is 3. The number of rotatable bonds is 22. The van der Waals surface area contributed by atoms with Crippen molar-refractivity contribution >= 4 is 5.91 Å². The van der Waals surface area contributed by atoms with Crippen LogP contribution in [0.2, 0.25) is 0 Å². The quantitative estimate of drug-likeness (QED) is 0.0679. The number of hydrogen-bond acceptors (Lipinski definition) is 13. The zero-order valence-electron chi connectivity index (χ0n) is 40.0. The number of hydrogen-bond donors (Lipinski definition) is 4. The molecule has 372 valence electrons. The van der Waals surface area contributed by atoms with E-state index in [9.17, 15) is 4.79 Å². The Labute approximate surface area is 384 Å². The van der Waals surface area contributed by atoms with Gasteiger partial charge in [0.05, 0.1) is 13.2 Å². The van der Waals surface area contributed by atoms with Crippen molar-refractivity contribution in [3.05, 3.63) is 11.3 Å². The van der Waals surface area contributed by atoms with Gasteiger partial charge in [-0.15, -0.1) is 0 Å². The Morgan fingerprint density at radius 2 is 1.42 bits per heavy atom. The largest absolute Gasteiger partial charge is 0.456 e. The van der Waals surface area contributed by atoms with Gasteiger partial charge in [-0.1, -0.05) is 20.8 Å². The molecule has 14 nitrogen and oxygen atoms in total. The van der Waals surface area contributed by atoms with Gasteiger partial charge < -0.3 is 50.1 Å². The molecule has 17 heteroatoms. The minimum atomic E-state index is -4.75. The lowest BCUT2D eigenvalue weighted by atomic mass is 9.57. The van der Waals surface area contributed by atoms with Crippen LogP contribution >= 0.6 is 0 Å². The fourth-order valence-corrected chi connectivity index (χ4v) is 13.3. The number of nitrogens with zero attached hydrogens (tertiary/aromatic N) is 1. The van der Waals surface area contributed by atoms with Crippen molar-refractivity contribution in [2.75, 3.05) is 65.5 Å². The van der Waals surface area contributed by atoms with Gasteiger partial charge in [-0.2, -0.15) is 13.2 Å². The Bertz CT molecular complexity index is 1680. The number of unbranched alkanes of at least 4 members (excludes halogenated alkanes) is 2. The number of amides is 1. The molecule has 65 heavy (non-hydrogen) atoms. The standard InChI is InChI=1S/C48H80F3N5O9/c1-31-14-16-38-34(40(48(49,50)51)59-41-46(38)35(31)17-19-43(4,60-41)63-46)29-56(30-39(57)55-26-12-25-54-23-8-7-22-53-24-11-21-52)27-9-10-28-58-45(6)33(3)37-15-13-32(2)36-18-20-44(5)61-42(62-45)47(36,37)65-64-44/h31-33,35-38,41-42,53-54H,7-30,52H2,1-6H3,(H,55,57)/t31-,32-,33-,35+,36+,37+,38+,41-,42+,43-,44+,45+,46-,47-/m1/s1. The van der Waals surface area contributed by atoms with E-state index in [1.165, 1.54) is 0 Å². The molecule has 4 bridgehead atoms. The molecule has 6 saturated heterocycles. The molecule has 0 radical (unpaired) electrons. The average Bonchev–Trinajstić information content (AvgIpc) is 3.31. The van der Waals surface area contributed by atoms with E-state index in [0.717, 1.165) is 90.4 Å². The first-order valence-corrected chi connectivity index (χ1v) is 25.3. The van der Waals surface area contributed by atoms with Crippen LogP contribution in [0.3, 0.4) is 0 Å². The van der Waals surface area contributed by atoms with Gasteiger partial charge in [0.1, 0.15) is 5.60 Å². The molecular weight excluding hydrogens is 848 g/mol. The van der Waals surface area contributed by atoms with Crippen molar-refractivity contribution in [3.63, 3.8) is 0 Å². The lowest BCUT2D eigenvalue weighted by molar-refractivity contribution is -0.585. The van der Waals surface area contributed by atoms with Crippen LogP contribution in [-0.2, 0) is 43.0 Å². The predicted molar refractivity (Wildman–Crippen MR) is 235 cm³/mol. The average molecular weight is 928 g/mol. The maximum absolute atomic E-state index is 15.1. The Morgan fingerprint density at radius 1 is 0.754 bits per heavy atom. The van der Waals surface area contributed by atoms with Crippen molar-refractivity contribution in [2.24, 2.45) is 47.2 Å². The molecule has 9 rings (SSSR count). The molecule has 7 heterocycles. The summed E-state index contributed by atoms with van der Waals surface area (Å²) in [6, 6.07) is 0. The normalized spacial score (nSPS) is 41.8. The fraction of sp³-hybridized carbons (Fsp3) is 0.938. The third kappa shape index (κ3) is 9.92. The third-order valence-corrected chi connectivity index (χ3v) is 16.9. The van der Waals surface area contributed by atoms with Crippen molar-refractivity contribution in [3.8, 4) is 0 Å². The van der Waals surface area contributed by atoms with Gasteiger partial charge in [-0.3, -0.25) is 9.69 Å². The van der Waals surface area contributed by atoms with Crippen molar-refractivity contribution in [1.82, 2.24) is 20.9 Å². The predicted octanol–water partition coefficient (Wildman–Crippen LogP) is 6.63. The lowest BCUT2D eigenvalue weighted by Crippen LogP contribution is -2.72. The van der Waals surface area contributed by atoms with Crippen molar-refractivity contribution < 1.29 is 56.2 Å². The molecule has 14 atom stereocenters. The molecule has 0 unspecified atom stereocenters. The van der Waals surface area contributed by atoms with Gasteiger partial charge in [0.15, 0.2) is 23.5 Å². The monoisotopic (exact) mass is 928 g/mol.